The number of benzene rings is 1. The molecule has 1 aromatic heterocycles. The topological polar surface area (TPSA) is 54.0 Å². The summed E-state index contributed by atoms with van der Waals surface area (Å²) in [5.74, 6) is -0.0502. The van der Waals surface area contributed by atoms with Gasteiger partial charge in [0.2, 0.25) is 0 Å². The number of nitrogens with zero attached hydrogens (tertiary/aromatic N) is 1. The maximum atomic E-state index is 12.5. The molecule has 0 spiro atoms. The number of aromatic nitrogens is 1. The van der Waals surface area contributed by atoms with Crippen LogP contribution >= 0.6 is 0 Å². The summed E-state index contributed by atoms with van der Waals surface area (Å²) in [6, 6.07) is 12.4. The molecular weight excluding hydrogens is 274 g/mol. The number of piperidine rings is 1. The van der Waals surface area contributed by atoms with Crippen LogP contribution in [0.4, 0.5) is 0 Å². The number of carbonyl (C=O) groups excluding carboxylic acids is 1. The molecule has 2 aromatic rings. The van der Waals surface area contributed by atoms with E-state index < -0.39 is 0 Å². The smallest absolute Gasteiger partial charge is 0.253 e. The molecule has 2 heterocycles. The predicted molar refractivity (Wildman–Crippen MR) is 87.6 cm³/mol. The Balaban J connectivity index is 1.75. The van der Waals surface area contributed by atoms with E-state index >= 15 is 0 Å². The molecule has 1 fully saturated rings. The molecule has 1 amide bonds. The normalized spacial score (nSPS) is 21.3. The first-order chi connectivity index (χ1) is 10.7. The Kier molecular flexibility index (Phi) is 4.49. The third kappa shape index (κ3) is 3.34. The highest BCUT2D eigenvalue weighted by Crippen LogP contribution is 2.19. The van der Waals surface area contributed by atoms with Crippen LogP contribution < -0.4 is 10.6 Å². The lowest BCUT2D eigenvalue weighted by atomic mass is 9.99. The Morgan fingerprint density at radius 1 is 1.23 bits per heavy atom. The van der Waals surface area contributed by atoms with Crippen LogP contribution in [-0.4, -0.2) is 29.5 Å². The zero-order valence-corrected chi connectivity index (χ0v) is 12.8. The van der Waals surface area contributed by atoms with Crippen LogP contribution in [0.3, 0.4) is 0 Å². The highest BCUT2D eigenvalue weighted by Gasteiger charge is 2.23. The van der Waals surface area contributed by atoms with Crippen LogP contribution in [0.2, 0.25) is 0 Å². The second-order valence-electron chi connectivity index (χ2n) is 5.79. The predicted octanol–water partition coefficient (Wildman–Crippen LogP) is 2.62. The second kappa shape index (κ2) is 6.71. The summed E-state index contributed by atoms with van der Waals surface area (Å²) in [4.78, 5) is 16.7. The van der Waals surface area contributed by atoms with E-state index in [0.717, 1.165) is 30.5 Å². The van der Waals surface area contributed by atoms with E-state index in [1.165, 1.54) is 0 Å². The van der Waals surface area contributed by atoms with Crippen LogP contribution in [-0.2, 0) is 0 Å². The average Bonchev–Trinajstić information content (AvgIpc) is 2.58. The van der Waals surface area contributed by atoms with Gasteiger partial charge in [-0.2, -0.15) is 0 Å². The molecule has 0 radical (unpaired) electrons. The van der Waals surface area contributed by atoms with E-state index in [0.29, 0.717) is 11.6 Å². The molecule has 1 aromatic carbocycles. The lowest BCUT2D eigenvalue weighted by molar-refractivity contribution is 0.0919. The van der Waals surface area contributed by atoms with Crippen molar-refractivity contribution in [3.05, 3.63) is 54.4 Å². The summed E-state index contributed by atoms with van der Waals surface area (Å²) in [6.07, 6.45) is 5.53. The first-order valence-corrected chi connectivity index (χ1v) is 7.79. The van der Waals surface area contributed by atoms with Gasteiger partial charge in [0.05, 0.1) is 5.56 Å². The van der Waals surface area contributed by atoms with Crippen molar-refractivity contribution in [2.45, 2.75) is 31.8 Å². The molecule has 0 aliphatic carbocycles. The summed E-state index contributed by atoms with van der Waals surface area (Å²) in [6.45, 7) is 3.14. The molecule has 1 aliphatic heterocycles. The van der Waals surface area contributed by atoms with E-state index in [1.54, 1.807) is 12.4 Å². The fourth-order valence-electron chi connectivity index (χ4n) is 2.85. The lowest BCUT2D eigenvalue weighted by Crippen LogP contribution is -2.51. The molecular formula is C18H21N3O. The highest BCUT2D eigenvalue weighted by atomic mass is 16.1. The fraction of sp³-hybridized carbons (Fsp3) is 0.333. The largest absolute Gasteiger partial charge is 0.348 e. The molecule has 3 rings (SSSR count). The van der Waals surface area contributed by atoms with Crippen molar-refractivity contribution in [2.75, 3.05) is 6.54 Å². The van der Waals surface area contributed by atoms with E-state index in [2.05, 4.69) is 22.5 Å². The van der Waals surface area contributed by atoms with Gasteiger partial charge in [0, 0.05) is 30.0 Å². The molecule has 1 aliphatic rings. The summed E-state index contributed by atoms with van der Waals surface area (Å²) in [5, 5.41) is 6.52. The van der Waals surface area contributed by atoms with Crippen LogP contribution in [0.1, 0.15) is 30.1 Å². The van der Waals surface area contributed by atoms with Crippen LogP contribution in [0.5, 0.6) is 0 Å². The third-order valence-electron chi connectivity index (χ3n) is 4.19. The molecule has 2 unspecified atom stereocenters. The molecule has 2 N–H and O–H groups in total. The maximum absolute atomic E-state index is 12.5. The zero-order valence-electron chi connectivity index (χ0n) is 12.8. The first-order valence-electron chi connectivity index (χ1n) is 7.79. The Morgan fingerprint density at radius 3 is 2.82 bits per heavy atom. The molecule has 0 bridgehead atoms. The van der Waals surface area contributed by atoms with Crippen molar-refractivity contribution >= 4 is 5.91 Å². The first kappa shape index (κ1) is 14.7. The standard InChI is InChI=1S/C18H21N3O/c1-13-17(8-5-9-20-13)21-18(22)16-10-15(11-19-12-16)14-6-3-2-4-7-14/h2-4,6-7,10-13,17,20H,5,8-9H2,1H3,(H,21,22). The van der Waals surface area contributed by atoms with Gasteiger partial charge >= 0.3 is 0 Å². The molecule has 1 saturated heterocycles. The number of hydrogen-bond acceptors (Lipinski definition) is 3. The Hall–Kier alpha value is -2.20. The summed E-state index contributed by atoms with van der Waals surface area (Å²) in [5.41, 5.74) is 2.64. The van der Waals surface area contributed by atoms with Crippen molar-refractivity contribution in [2.24, 2.45) is 0 Å². The quantitative estimate of drug-likeness (QED) is 0.915. The van der Waals surface area contributed by atoms with Gasteiger partial charge in [0.25, 0.3) is 5.91 Å². The van der Waals surface area contributed by atoms with Crippen LogP contribution in [0.25, 0.3) is 11.1 Å². The SMILES string of the molecule is CC1NCCCC1NC(=O)c1cncc(-c2ccccc2)c1. The highest BCUT2D eigenvalue weighted by molar-refractivity contribution is 5.95. The van der Waals surface area contributed by atoms with Crippen molar-refractivity contribution in [3.8, 4) is 11.1 Å². The van der Waals surface area contributed by atoms with Gasteiger partial charge in [-0.05, 0) is 37.9 Å². The number of nitrogens with one attached hydrogen (secondary N) is 2. The van der Waals surface area contributed by atoms with Gasteiger partial charge in [-0.1, -0.05) is 30.3 Å². The summed E-state index contributed by atoms with van der Waals surface area (Å²) >= 11 is 0. The second-order valence-corrected chi connectivity index (χ2v) is 5.79. The number of pyridine rings is 1. The summed E-state index contributed by atoms with van der Waals surface area (Å²) < 4.78 is 0. The van der Waals surface area contributed by atoms with E-state index in [1.807, 2.05) is 36.4 Å². The van der Waals surface area contributed by atoms with Crippen molar-refractivity contribution < 1.29 is 4.79 Å². The van der Waals surface area contributed by atoms with Gasteiger partial charge < -0.3 is 10.6 Å². The van der Waals surface area contributed by atoms with Gasteiger partial charge in [-0.3, -0.25) is 9.78 Å². The number of amides is 1. The van der Waals surface area contributed by atoms with Gasteiger partial charge in [-0.25, -0.2) is 0 Å². The zero-order chi connectivity index (χ0) is 15.4. The van der Waals surface area contributed by atoms with Crippen molar-refractivity contribution in [1.29, 1.82) is 0 Å². The van der Waals surface area contributed by atoms with Gasteiger partial charge in [0.15, 0.2) is 0 Å². The van der Waals surface area contributed by atoms with Crippen LogP contribution in [0, 0.1) is 0 Å². The monoisotopic (exact) mass is 295 g/mol. The molecule has 0 saturated carbocycles. The van der Waals surface area contributed by atoms with E-state index in [-0.39, 0.29) is 11.9 Å². The minimum absolute atomic E-state index is 0.0502. The Morgan fingerprint density at radius 2 is 2.05 bits per heavy atom. The number of hydrogen-bond donors (Lipinski definition) is 2. The minimum Gasteiger partial charge on any atom is -0.348 e. The third-order valence-corrected chi connectivity index (χ3v) is 4.19. The van der Waals surface area contributed by atoms with Crippen molar-refractivity contribution in [1.82, 2.24) is 15.6 Å². The molecule has 4 heteroatoms. The average molecular weight is 295 g/mol. The maximum Gasteiger partial charge on any atom is 0.253 e. The van der Waals surface area contributed by atoms with Crippen LogP contribution in [0.15, 0.2) is 48.8 Å². The van der Waals surface area contributed by atoms with E-state index in [9.17, 15) is 4.79 Å². The molecule has 22 heavy (non-hydrogen) atoms. The molecule has 114 valence electrons. The van der Waals surface area contributed by atoms with Gasteiger partial charge in [-0.15, -0.1) is 0 Å². The molecule has 2 atom stereocenters. The lowest BCUT2D eigenvalue weighted by Gasteiger charge is -2.30. The Labute approximate surface area is 131 Å². The van der Waals surface area contributed by atoms with Gasteiger partial charge in [0.1, 0.15) is 0 Å². The molecule has 4 nitrogen and oxygen atoms in total. The fourth-order valence-corrected chi connectivity index (χ4v) is 2.85. The number of rotatable bonds is 3. The summed E-state index contributed by atoms with van der Waals surface area (Å²) in [7, 11) is 0. The number of carbonyl (C=O) groups is 1. The van der Waals surface area contributed by atoms with E-state index in [4.69, 9.17) is 0 Å². The Bertz CT molecular complexity index is 642. The van der Waals surface area contributed by atoms with Crippen molar-refractivity contribution in [3.63, 3.8) is 0 Å². The minimum atomic E-state index is -0.0502.